The standard InChI is InChI=1S/C24H22Cl2N4O2.2C24H23ClN4O2/c1-14-10-19(24(32)29-22-9-8-17(25)13-28-22)18(20(26)11-14)12-21(31)15-4-6-16(7-5-15)23(27)30(2)3;2*1-15-4-5-18(20(12-15)24(31)28-22-11-10-19(25)14-27-22)13-21(30)16-6-8-17(9-7-16)23(26)29(2)3/h4-11,13,27H,12H2,1-3H3,(H,28,29,32);2*4-12,14,26H,13H2,1-3H3,(H,27,28,31). The monoisotopic (exact) mass is 1340 g/mol. The van der Waals surface area contributed by atoms with Gasteiger partial charge in [0.15, 0.2) is 17.3 Å². The van der Waals surface area contributed by atoms with E-state index in [1.165, 1.54) is 18.6 Å². The smallest absolute Gasteiger partial charge is 0.257 e. The Kier molecular flexibility index (Phi) is 24.9. The van der Waals surface area contributed by atoms with E-state index in [2.05, 4.69) is 30.9 Å². The summed E-state index contributed by atoms with van der Waals surface area (Å²) in [5.74, 6) is 0.705. The maximum absolute atomic E-state index is 13.0. The Morgan fingerprint density at radius 2 is 0.649 bits per heavy atom. The van der Waals surface area contributed by atoms with Crippen LogP contribution in [0.4, 0.5) is 17.5 Å². The zero-order valence-corrected chi connectivity index (χ0v) is 56.0. The third-order valence-electron chi connectivity index (χ3n) is 14.3. The molecule has 3 aromatic heterocycles. The largest absolute Gasteiger partial charge is 0.363 e. The predicted molar refractivity (Wildman–Crippen MR) is 375 cm³/mol. The summed E-state index contributed by atoms with van der Waals surface area (Å²) < 4.78 is 0. The Hall–Kier alpha value is -10.2. The number of amides is 3. The molecule has 9 rings (SSSR count). The van der Waals surface area contributed by atoms with Crippen LogP contribution in [-0.4, -0.2) is 125 Å². The lowest BCUT2D eigenvalue weighted by Gasteiger charge is -2.14. The number of aromatic nitrogens is 3. The van der Waals surface area contributed by atoms with Crippen molar-refractivity contribution in [3.63, 3.8) is 0 Å². The highest BCUT2D eigenvalue weighted by Gasteiger charge is 2.22. The van der Waals surface area contributed by atoms with Crippen molar-refractivity contribution in [2.45, 2.75) is 40.0 Å². The summed E-state index contributed by atoms with van der Waals surface area (Å²) in [5.41, 5.74) is 9.19. The summed E-state index contributed by atoms with van der Waals surface area (Å²) in [6.07, 6.45) is 4.48. The molecule has 0 aliphatic heterocycles. The SMILES string of the molecule is Cc1cc(Cl)c(CC(=O)c2ccc(C(=N)N(C)C)cc2)c(C(=O)Nc2ccc(Cl)cn2)c1.Cc1ccc(CC(=O)c2ccc(C(=N)N(C)C)cc2)c(C(=O)Nc2ccc(Cl)cn2)c1.Cc1ccc(CC(=O)c2ccc(C(=N)N(C)C)cc2)c(C(=O)Nc2ccc(Cl)cn2)c1. The molecule has 0 aliphatic carbocycles. The molecule has 3 amide bonds. The highest BCUT2D eigenvalue weighted by molar-refractivity contribution is 6.33. The fourth-order valence-electron chi connectivity index (χ4n) is 9.20. The zero-order chi connectivity index (χ0) is 68.5. The summed E-state index contributed by atoms with van der Waals surface area (Å²) in [7, 11) is 10.8. The number of ketones is 3. The van der Waals surface area contributed by atoms with E-state index >= 15 is 0 Å². The molecule has 0 aliphatic rings. The molecule has 9 aromatic rings. The molecule has 480 valence electrons. The van der Waals surface area contributed by atoms with Crippen LogP contribution in [0.1, 0.15) is 112 Å². The molecule has 0 spiro atoms. The summed E-state index contributed by atoms with van der Waals surface area (Å²) in [6, 6.07) is 44.7. The van der Waals surface area contributed by atoms with E-state index in [9.17, 15) is 28.8 Å². The predicted octanol–water partition coefficient (Wildman–Crippen LogP) is 14.5. The number of anilines is 3. The Bertz CT molecular complexity index is 4120. The number of nitrogens with zero attached hydrogens (tertiary/aromatic N) is 6. The first kappa shape index (κ1) is 71.2. The van der Waals surface area contributed by atoms with E-state index in [1.54, 1.807) is 203 Å². The lowest BCUT2D eigenvalue weighted by atomic mass is 9.96. The minimum absolute atomic E-state index is 0.0413. The fraction of sp³-hybridized carbons (Fsp3) is 0.167. The van der Waals surface area contributed by atoms with E-state index in [4.69, 9.17) is 62.6 Å². The summed E-state index contributed by atoms with van der Waals surface area (Å²) in [6.45, 7) is 5.61. The van der Waals surface area contributed by atoms with Crippen LogP contribution in [0.2, 0.25) is 20.1 Å². The molecule has 0 radical (unpaired) electrons. The molecule has 0 fully saturated rings. The van der Waals surface area contributed by atoms with Gasteiger partial charge in [0.2, 0.25) is 0 Å². The molecule has 0 atom stereocenters. The van der Waals surface area contributed by atoms with Gasteiger partial charge in [0, 0.05) is 135 Å². The molecule has 6 aromatic carbocycles. The van der Waals surface area contributed by atoms with E-state index in [1.807, 2.05) is 32.9 Å². The molecule has 0 unspecified atom stereocenters. The lowest BCUT2D eigenvalue weighted by Crippen LogP contribution is -2.21. The van der Waals surface area contributed by atoms with Crippen molar-refractivity contribution in [1.29, 1.82) is 16.2 Å². The number of aryl methyl sites for hydroxylation is 3. The van der Waals surface area contributed by atoms with Crippen LogP contribution < -0.4 is 16.0 Å². The topological polar surface area (TPSA) is 258 Å². The first-order valence-electron chi connectivity index (χ1n) is 29.1. The van der Waals surface area contributed by atoms with Crippen LogP contribution in [0, 0.1) is 37.0 Å². The number of hydrogen-bond donors (Lipinski definition) is 6. The van der Waals surface area contributed by atoms with Gasteiger partial charge in [-0.1, -0.05) is 155 Å². The van der Waals surface area contributed by atoms with Gasteiger partial charge in [0.05, 0.1) is 15.1 Å². The van der Waals surface area contributed by atoms with Gasteiger partial charge in [-0.2, -0.15) is 0 Å². The molecule has 18 nitrogen and oxygen atoms in total. The summed E-state index contributed by atoms with van der Waals surface area (Å²) >= 11 is 24.0. The number of carbonyl (C=O) groups excluding carboxylic acids is 6. The molecule has 0 saturated carbocycles. The Morgan fingerprint density at radius 3 is 0.947 bits per heavy atom. The molecular weight excluding hydrogens is 1270 g/mol. The van der Waals surface area contributed by atoms with Crippen LogP contribution in [0.5, 0.6) is 0 Å². The average Bonchev–Trinajstić information content (AvgIpc) is 1.21. The maximum atomic E-state index is 13.0. The van der Waals surface area contributed by atoms with Crippen molar-refractivity contribution in [2.75, 3.05) is 58.2 Å². The number of carbonyl (C=O) groups is 6. The number of nitrogens with one attached hydrogen (secondary N) is 6. The van der Waals surface area contributed by atoms with Gasteiger partial charge in [-0.3, -0.25) is 45.0 Å². The number of halogens is 4. The quantitative estimate of drug-likeness (QED) is 0.0266. The van der Waals surface area contributed by atoms with Gasteiger partial charge in [0.1, 0.15) is 35.0 Å². The molecule has 6 N–H and O–H groups in total. The van der Waals surface area contributed by atoms with E-state index in [0.29, 0.717) is 111 Å². The van der Waals surface area contributed by atoms with Crippen LogP contribution in [0.3, 0.4) is 0 Å². The number of Topliss-reactive ketones (excluding diaryl/α,β-unsaturated/α-hetero) is 3. The van der Waals surface area contributed by atoms with Gasteiger partial charge in [-0.25, -0.2) is 15.0 Å². The molecule has 0 bridgehead atoms. The summed E-state index contributed by atoms with van der Waals surface area (Å²) in [5, 5.41) is 34.1. The molecule has 0 saturated heterocycles. The van der Waals surface area contributed by atoms with Crippen molar-refractivity contribution >= 4 is 116 Å². The summed E-state index contributed by atoms with van der Waals surface area (Å²) in [4.78, 5) is 94.7. The second-order valence-electron chi connectivity index (χ2n) is 22.3. The normalized spacial score (nSPS) is 10.5. The van der Waals surface area contributed by atoms with Crippen molar-refractivity contribution in [3.8, 4) is 0 Å². The second kappa shape index (κ2) is 32.9. The first-order valence-corrected chi connectivity index (χ1v) is 30.6. The molecular formula is C72H68Cl4N12O6. The van der Waals surface area contributed by atoms with E-state index in [0.717, 1.165) is 27.8 Å². The Labute approximate surface area is 565 Å². The van der Waals surface area contributed by atoms with Gasteiger partial charge >= 0.3 is 0 Å². The van der Waals surface area contributed by atoms with Crippen LogP contribution in [0.15, 0.2) is 176 Å². The molecule has 3 heterocycles. The van der Waals surface area contributed by atoms with Crippen molar-refractivity contribution < 1.29 is 28.8 Å². The number of benzene rings is 6. The van der Waals surface area contributed by atoms with Gasteiger partial charge in [-0.15, -0.1) is 0 Å². The average molecular weight is 1340 g/mol. The third kappa shape index (κ3) is 19.9. The van der Waals surface area contributed by atoms with Crippen molar-refractivity contribution in [3.05, 3.63) is 280 Å². The van der Waals surface area contributed by atoms with Crippen LogP contribution >= 0.6 is 46.4 Å². The highest BCUT2D eigenvalue weighted by Crippen LogP contribution is 2.27. The van der Waals surface area contributed by atoms with Crippen molar-refractivity contribution in [1.82, 2.24) is 29.7 Å². The number of rotatable bonds is 18. The lowest BCUT2D eigenvalue weighted by molar-refractivity contribution is 0.0980. The Morgan fingerprint density at radius 1 is 0.362 bits per heavy atom. The molecule has 22 heteroatoms. The zero-order valence-electron chi connectivity index (χ0n) is 53.0. The minimum Gasteiger partial charge on any atom is -0.363 e. The van der Waals surface area contributed by atoms with E-state index < -0.39 is 5.91 Å². The minimum atomic E-state index is -0.414. The van der Waals surface area contributed by atoms with E-state index in [-0.39, 0.29) is 48.4 Å². The van der Waals surface area contributed by atoms with Crippen LogP contribution in [-0.2, 0) is 19.3 Å². The first-order chi connectivity index (χ1) is 44.6. The number of pyridine rings is 3. The van der Waals surface area contributed by atoms with Gasteiger partial charge < -0.3 is 30.7 Å². The molecule has 94 heavy (non-hydrogen) atoms. The number of hydrogen-bond acceptors (Lipinski definition) is 12. The Balaban J connectivity index is 0.000000200. The van der Waals surface area contributed by atoms with Gasteiger partial charge in [-0.05, 0) is 104 Å². The van der Waals surface area contributed by atoms with Gasteiger partial charge in [0.25, 0.3) is 17.7 Å². The van der Waals surface area contributed by atoms with Crippen molar-refractivity contribution in [2.24, 2.45) is 0 Å². The second-order valence-corrected chi connectivity index (χ2v) is 24.0. The number of amidine groups is 3. The van der Waals surface area contributed by atoms with Crippen LogP contribution in [0.25, 0.3) is 0 Å². The fourth-order valence-corrected chi connectivity index (χ4v) is 9.87. The third-order valence-corrected chi connectivity index (χ3v) is 15.3. The maximum Gasteiger partial charge on any atom is 0.257 e. The highest BCUT2D eigenvalue weighted by atomic mass is 35.5.